The van der Waals surface area contributed by atoms with Gasteiger partial charge < -0.3 is 15.0 Å². The van der Waals surface area contributed by atoms with Gasteiger partial charge in [-0.15, -0.1) is 0 Å². The lowest BCUT2D eigenvalue weighted by molar-refractivity contribution is 0.121. The van der Waals surface area contributed by atoms with Gasteiger partial charge in [0.2, 0.25) is 0 Å². The lowest BCUT2D eigenvalue weighted by atomic mass is 10.1. The molecule has 94 valence electrons. The first-order chi connectivity index (χ1) is 7.88. The number of nitrogens with one attached hydrogen (secondary N) is 1. The van der Waals surface area contributed by atoms with Gasteiger partial charge in [-0.05, 0) is 45.6 Å². The van der Waals surface area contributed by atoms with Gasteiger partial charge in [-0.2, -0.15) is 0 Å². The minimum Gasteiger partial charge on any atom is -0.382 e. The van der Waals surface area contributed by atoms with Crippen LogP contribution in [0.1, 0.15) is 39.0 Å². The molecule has 0 aromatic rings. The van der Waals surface area contributed by atoms with Gasteiger partial charge in [0.25, 0.3) is 0 Å². The summed E-state index contributed by atoms with van der Waals surface area (Å²) in [5.74, 6) is 0. The molecule has 1 aliphatic heterocycles. The van der Waals surface area contributed by atoms with Crippen LogP contribution in [0.2, 0.25) is 0 Å². The van der Waals surface area contributed by atoms with Crippen molar-refractivity contribution in [2.75, 3.05) is 32.8 Å². The zero-order chi connectivity index (χ0) is 11.2. The van der Waals surface area contributed by atoms with Crippen LogP contribution in [0.5, 0.6) is 0 Å². The van der Waals surface area contributed by atoms with E-state index >= 15 is 0 Å². The third-order valence-corrected chi connectivity index (χ3v) is 3.52. The van der Waals surface area contributed by atoms with Gasteiger partial charge >= 0.3 is 0 Å². The number of ether oxygens (including phenoxy) is 1. The number of rotatable bonds is 7. The maximum atomic E-state index is 5.38. The van der Waals surface area contributed by atoms with E-state index in [2.05, 4.69) is 17.1 Å². The Morgan fingerprint density at radius 3 is 2.88 bits per heavy atom. The number of nitrogens with zero attached hydrogens (tertiary/aromatic N) is 1. The number of likely N-dealkylation sites (tertiary alicyclic amines) is 1. The Morgan fingerprint density at radius 1 is 1.25 bits per heavy atom. The van der Waals surface area contributed by atoms with Gasteiger partial charge in [-0.1, -0.05) is 0 Å². The predicted molar refractivity (Wildman–Crippen MR) is 66.7 cm³/mol. The highest BCUT2D eigenvalue weighted by Gasteiger charge is 2.27. The van der Waals surface area contributed by atoms with Crippen LogP contribution in [0.15, 0.2) is 0 Å². The molecule has 0 spiro atoms. The molecule has 2 rings (SSSR count). The van der Waals surface area contributed by atoms with Crippen molar-refractivity contribution in [1.82, 2.24) is 10.2 Å². The molecule has 0 radical (unpaired) electrons. The molecule has 0 aromatic carbocycles. The van der Waals surface area contributed by atoms with E-state index in [0.29, 0.717) is 0 Å². The SMILES string of the molecule is CCOCCCN1CCCC(NC2CC2)C1. The summed E-state index contributed by atoms with van der Waals surface area (Å²) < 4.78 is 5.38. The molecule has 3 nitrogen and oxygen atoms in total. The summed E-state index contributed by atoms with van der Waals surface area (Å²) in [5.41, 5.74) is 0. The van der Waals surface area contributed by atoms with Crippen molar-refractivity contribution in [3.63, 3.8) is 0 Å². The highest BCUT2D eigenvalue weighted by molar-refractivity contribution is 4.87. The van der Waals surface area contributed by atoms with Crippen LogP contribution in [-0.2, 0) is 4.74 Å². The van der Waals surface area contributed by atoms with E-state index in [0.717, 1.165) is 25.3 Å². The van der Waals surface area contributed by atoms with E-state index in [1.54, 1.807) is 0 Å². The van der Waals surface area contributed by atoms with E-state index in [-0.39, 0.29) is 0 Å². The maximum Gasteiger partial charge on any atom is 0.0478 e. The molecule has 0 bridgehead atoms. The third kappa shape index (κ3) is 4.40. The van der Waals surface area contributed by atoms with Crippen molar-refractivity contribution in [1.29, 1.82) is 0 Å². The average molecular weight is 226 g/mol. The van der Waals surface area contributed by atoms with Crippen LogP contribution in [0.25, 0.3) is 0 Å². The Kier molecular flexibility index (Phi) is 5.07. The summed E-state index contributed by atoms with van der Waals surface area (Å²) >= 11 is 0. The monoisotopic (exact) mass is 226 g/mol. The summed E-state index contributed by atoms with van der Waals surface area (Å²) in [7, 11) is 0. The Morgan fingerprint density at radius 2 is 2.12 bits per heavy atom. The van der Waals surface area contributed by atoms with Crippen LogP contribution >= 0.6 is 0 Å². The average Bonchev–Trinajstić information content (AvgIpc) is 3.09. The molecular formula is C13H26N2O. The van der Waals surface area contributed by atoms with Gasteiger partial charge in [0.15, 0.2) is 0 Å². The maximum absolute atomic E-state index is 5.38. The summed E-state index contributed by atoms with van der Waals surface area (Å²) in [6, 6.07) is 1.61. The minimum atomic E-state index is 0.758. The first-order valence-corrected chi connectivity index (χ1v) is 6.94. The van der Waals surface area contributed by atoms with Gasteiger partial charge in [0, 0.05) is 38.4 Å². The largest absolute Gasteiger partial charge is 0.382 e. The quantitative estimate of drug-likeness (QED) is 0.668. The molecule has 1 aliphatic carbocycles. The second kappa shape index (κ2) is 6.58. The van der Waals surface area contributed by atoms with Gasteiger partial charge in [-0.25, -0.2) is 0 Å². The molecule has 2 aliphatic rings. The predicted octanol–water partition coefficient (Wildman–Crippen LogP) is 1.63. The second-order valence-corrected chi connectivity index (χ2v) is 5.13. The van der Waals surface area contributed by atoms with Gasteiger partial charge in [0.05, 0.1) is 0 Å². The van der Waals surface area contributed by atoms with Crippen LogP contribution in [0.4, 0.5) is 0 Å². The molecule has 2 fully saturated rings. The summed E-state index contributed by atoms with van der Waals surface area (Å²) in [4.78, 5) is 2.60. The van der Waals surface area contributed by atoms with Gasteiger partial charge in [0.1, 0.15) is 0 Å². The molecule has 1 saturated heterocycles. The number of hydrogen-bond acceptors (Lipinski definition) is 3. The van der Waals surface area contributed by atoms with Crippen molar-refractivity contribution in [2.45, 2.75) is 51.1 Å². The fraction of sp³-hybridized carbons (Fsp3) is 1.00. The first-order valence-electron chi connectivity index (χ1n) is 6.94. The lowest BCUT2D eigenvalue weighted by Crippen LogP contribution is -2.46. The zero-order valence-corrected chi connectivity index (χ0v) is 10.6. The minimum absolute atomic E-state index is 0.758. The lowest BCUT2D eigenvalue weighted by Gasteiger charge is -2.33. The Bertz CT molecular complexity index is 194. The normalized spacial score (nSPS) is 27.2. The highest BCUT2D eigenvalue weighted by Crippen LogP contribution is 2.21. The topological polar surface area (TPSA) is 24.5 Å². The molecule has 0 amide bonds. The van der Waals surface area contributed by atoms with E-state index in [4.69, 9.17) is 4.74 Å². The first kappa shape index (κ1) is 12.3. The molecule has 3 heteroatoms. The van der Waals surface area contributed by atoms with Crippen molar-refractivity contribution >= 4 is 0 Å². The van der Waals surface area contributed by atoms with Crippen LogP contribution in [-0.4, -0.2) is 49.8 Å². The highest BCUT2D eigenvalue weighted by atomic mass is 16.5. The smallest absolute Gasteiger partial charge is 0.0478 e. The summed E-state index contributed by atoms with van der Waals surface area (Å²) in [5, 5.41) is 3.75. The molecule has 16 heavy (non-hydrogen) atoms. The Hall–Kier alpha value is -0.120. The van der Waals surface area contributed by atoms with Crippen LogP contribution in [0.3, 0.4) is 0 Å². The van der Waals surface area contributed by atoms with E-state index in [1.165, 1.54) is 51.7 Å². The van der Waals surface area contributed by atoms with Crippen LogP contribution in [0, 0.1) is 0 Å². The molecule has 1 heterocycles. The molecule has 1 saturated carbocycles. The fourth-order valence-electron chi connectivity index (χ4n) is 2.51. The fourth-order valence-corrected chi connectivity index (χ4v) is 2.51. The zero-order valence-electron chi connectivity index (χ0n) is 10.6. The van der Waals surface area contributed by atoms with E-state index < -0.39 is 0 Å². The summed E-state index contributed by atoms with van der Waals surface area (Å²) in [6.45, 7) is 7.59. The summed E-state index contributed by atoms with van der Waals surface area (Å²) in [6.07, 6.45) is 6.73. The molecular weight excluding hydrogens is 200 g/mol. The molecule has 1 unspecified atom stereocenters. The Labute approximate surface area is 99.5 Å². The van der Waals surface area contributed by atoms with Crippen molar-refractivity contribution in [3.05, 3.63) is 0 Å². The molecule has 1 atom stereocenters. The number of hydrogen-bond donors (Lipinski definition) is 1. The van der Waals surface area contributed by atoms with Crippen molar-refractivity contribution in [3.8, 4) is 0 Å². The van der Waals surface area contributed by atoms with Gasteiger partial charge in [-0.3, -0.25) is 0 Å². The van der Waals surface area contributed by atoms with Crippen molar-refractivity contribution in [2.24, 2.45) is 0 Å². The standard InChI is InChI=1S/C13H26N2O/c1-2-16-10-4-9-15-8-3-5-13(11-15)14-12-6-7-12/h12-14H,2-11H2,1H3. The molecule has 0 aromatic heterocycles. The van der Waals surface area contributed by atoms with Crippen molar-refractivity contribution < 1.29 is 4.74 Å². The molecule has 1 N–H and O–H groups in total. The third-order valence-electron chi connectivity index (χ3n) is 3.52. The second-order valence-electron chi connectivity index (χ2n) is 5.13. The van der Waals surface area contributed by atoms with Crippen LogP contribution < -0.4 is 5.32 Å². The van der Waals surface area contributed by atoms with E-state index in [9.17, 15) is 0 Å². The number of piperidine rings is 1. The van der Waals surface area contributed by atoms with E-state index in [1.807, 2.05) is 0 Å². The Balaban J connectivity index is 1.57.